The Bertz CT molecular complexity index is 991. The summed E-state index contributed by atoms with van der Waals surface area (Å²) in [6.07, 6.45) is 1.55. The maximum Gasteiger partial charge on any atom is 0.249 e. The van der Waals surface area contributed by atoms with Gasteiger partial charge in [0, 0.05) is 18.2 Å². The standard InChI is InChI=1S/C26H25NO2/c1-19-16-24(27(26(19)28)18-21-10-14-25(29-2)15-11-21)17-20-8-12-23(13-9-20)22-6-4-3-5-7-22/h3-15,24H,1,16-18H2,2H3. The molecule has 3 aromatic carbocycles. The van der Waals surface area contributed by atoms with Gasteiger partial charge in [-0.15, -0.1) is 0 Å². The normalized spacial score (nSPS) is 16.3. The summed E-state index contributed by atoms with van der Waals surface area (Å²) in [5, 5.41) is 0. The van der Waals surface area contributed by atoms with Gasteiger partial charge < -0.3 is 9.64 Å². The van der Waals surface area contributed by atoms with Crippen molar-refractivity contribution in [1.82, 2.24) is 4.90 Å². The third-order valence-corrected chi connectivity index (χ3v) is 5.53. The molecule has 1 heterocycles. The number of methoxy groups -OCH3 is 1. The average molecular weight is 383 g/mol. The molecule has 146 valence electrons. The third kappa shape index (κ3) is 4.24. The highest BCUT2D eigenvalue weighted by atomic mass is 16.5. The molecule has 1 amide bonds. The van der Waals surface area contributed by atoms with Crippen LogP contribution in [0.2, 0.25) is 0 Å². The fourth-order valence-electron chi connectivity index (χ4n) is 3.90. The van der Waals surface area contributed by atoms with Gasteiger partial charge in [-0.25, -0.2) is 0 Å². The van der Waals surface area contributed by atoms with Crippen LogP contribution in [-0.4, -0.2) is 24.0 Å². The third-order valence-electron chi connectivity index (χ3n) is 5.53. The van der Waals surface area contributed by atoms with Gasteiger partial charge in [0.1, 0.15) is 5.75 Å². The molecular weight excluding hydrogens is 358 g/mol. The largest absolute Gasteiger partial charge is 0.497 e. The fraction of sp³-hybridized carbons (Fsp3) is 0.192. The van der Waals surface area contributed by atoms with Gasteiger partial charge in [0.15, 0.2) is 0 Å². The topological polar surface area (TPSA) is 29.5 Å². The zero-order chi connectivity index (χ0) is 20.2. The number of nitrogens with zero attached hydrogens (tertiary/aromatic N) is 1. The minimum atomic E-state index is 0.0618. The van der Waals surface area contributed by atoms with Gasteiger partial charge in [-0.3, -0.25) is 4.79 Å². The number of likely N-dealkylation sites (tertiary alicyclic amines) is 1. The van der Waals surface area contributed by atoms with Crippen molar-refractivity contribution >= 4 is 5.91 Å². The Morgan fingerprint density at radius 3 is 2.17 bits per heavy atom. The smallest absolute Gasteiger partial charge is 0.249 e. The quantitative estimate of drug-likeness (QED) is 0.543. The average Bonchev–Trinajstić information content (AvgIpc) is 3.03. The monoisotopic (exact) mass is 383 g/mol. The molecule has 0 radical (unpaired) electrons. The van der Waals surface area contributed by atoms with Crippen molar-refractivity contribution in [1.29, 1.82) is 0 Å². The Morgan fingerprint density at radius 2 is 1.52 bits per heavy atom. The van der Waals surface area contributed by atoms with E-state index in [9.17, 15) is 4.79 Å². The van der Waals surface area contributed by atoms with E-state index in [-0.39, 0.29) is 11.9 Å². The minimum Gasteiger partial charge on any atom is -0.497 e. The van der Waals surface area contributed by atoms with E-state index in [1.807, 2.05) is 35.2 Å². The number of amides is 1. The van der Waals surface area contributed by atoms with Crippen LogP contribution in [0.15, 0.2) is 91.0 Å². The lowest BCUT2D eigenvalue weighted by molar-refractivity contribution is -0.126. The molecule has 0 aliphatic carbocycles. The van der Waals surface area contributed by atoms with E-state index in [0.29, 0.717) is 12.1 Å². The molecule has 3 heteroatoms. The van der Waals surface area contributed by atoms with Crippen molar-refractivity contribution in [2.45, 2.75) is 25.4 Å². The summed E-state index contributed by atoms with van der Waals surface area (Å²) in [7, 11) is 1.65. The number of rotatable bonds is 6. The second-order valence-electron chi connectivity index (χ2n) is 7.51. The molecule has 1 fully saturated rings. The molecule has 1 atom stereocenters. The predicted molar refractivity (Wildman–Crippen MR) is 117 cm³/mol. The highest BCUT2D eigenvalue weighted by Gasteiger charge is 2.33. The summed E-state index contributed by atoms with van der Waals surface area (Å²) in [4.78, 5) is 14.6. The van der Waals surface area contributed by atoms with Crippen LogP contribution in [0.4, 0.5) is 0 Å². The first kappa shape index (κ1) is 19.0. The van der Waals surface area contributed by atoms with E-state index in [0.717, 1.165) is 24.2 Å². The summed E-state index contributed by atoms with van der Waals surface area (Å²) >= 11 is 0. The highest BCUT2D eigenvalue weighted by Crippen LogP contribution is 2.29. The van der Waals surface area contributed by atoms with Crippen LogP contribution in [0.5, 0.6) is 5.75 Å². The van der Waals surface area contributed by atoms with Crippen LogP contribution in [0.3, 0.4) is 0 Å². The van der Waals surface area contributed by atoms with E-state index in [4.69, 9.17) is 4.74 Å². The maximum absolute atomic E-state index is 12.7. The summed E-state index contributed by atoms with van der Waals surface area (Å²) in [6, 6.07) is 27.0. The van der Waals surface area contributed by atoms with Crippen LogP contribution in [0.25, 0.3) is 11.1 Å². The molecule has 1 saturated heterocycles. The number of carbonyl (C=O) groups excluding carboxylic acids is 1. The van der Waals surface area contributed by atoms with Crippen LogP contribution < -0.4 is 4.74 Å². The van der Waals surface area contributed by atoms with Crippen molar-refractivity contribution in [3.05, 3.63) is 102 Å². The second kappa shape index (κ2) is 8.36. The van der Waals surface area contributed by atoms with Crippen LogP contribution in [-0.2, 0) is 17.8 Å². The lowest BCUT2D eigenvalue weighted by Crippen LogP contribution is -2.34. The molecule has 0 spiro atoms. The van der Waals surface area contributed by atoms with Gasteiger partial charge in [0.25, 0.3) is 0 Å². The first-order chi connectivity index (χ1) is 14.1. The number of ether oxygens (including phenoxy) is 1. The lowest BCUT2D eigenvalue weighted by atomic mass is 9.99. The second-order valence-corrected chi connectivity index (χ2v) is 7.51. The van der Waals surface area contributed by atoms with E-state index in [2.05, 4.69) is 55.1 Å². The Hall–Kier alpha value is -3.33. The van der Waals surface area contributed by atoms with Gasteiger partial charge in [0.05, 0.1) is 7.11 Å². The number of hydrogen-bond donors (Lipinski definition) is 0. The molecular formula is C26H25NO2. The molecule has 4 rings (SSSR count). The van der Waals surface area contributed by atoms with Gasteiger partial charge in [-0.1, -0.05) is 73.3 Å². The van der Waals surface area contributed by atoms with Crippen molar-refractivity contribution in [2.75, 3.05) is 7.11 Å². The SMILES string of the molecule is C=C1CC(Cc2ccc(-c3ccccc3)cc2)N(Cc2ccc(OC)cc2)C1=O. The zero-order valence-electron chi connectivity index (χ0n) is 16.7. The molecule has 3 nitrogen and oxygen atoms in total. The fourth-order valence-corrected chi connectivity index (χ4v) is 3.90. The number of benzene rings is 3. The lowest BCUT2D eigenvalue weighted by Gasteiger charge is -2.25. The van der Waals surface area contributed by atoms with Gasteiger partial charge in [-0.2, -0.15) is 0 Å². The Kier molecular flexibility index (Phi) is 5.48. The summed E-state index contributed by atoms with van der Waals surface area (Å²) in [5.74, 6) is 0.882. The molecule has 0 bridgehead atoms. The molecule has 1 unspecified atom stereocenters. The molecule has 3 aromatic rings. The molecule has 0 aromatic heterocycles. The molecule has 0 N–H and O–H groups in total. The molecule has 29 heavy (non-hydrogen) atoms. The Labute approximate surface area is 172 Å². The summed E-state index contributed by atoms with van der Waals surface area (Å²) in [6.45, 7) is 4.58. The minimum absolute atomic E-state index is 0.0618. The number of carbonyl (C=O) groups is 1. The van der Waals surface area contributed by atoms with Crippen LogP contribution >= 0.6 is 0 Å². The van der Waals surface area contributed by atoms with E-state index < -0.39 is 0 Å². The van der Waals surface area contributed by atoms with Crippen LogP contribution in [0, 0.1) is 0 Å². The maximum atomic E-state index is 12.7. The van der Waals surface area contributed by atoms with Crippen molar-refractivity contribution in [2.24, 2.45) is 0 Å². The van der Waals surface area contributed by atoms with Crippen LogP contribution in [0.1, 0.15) is 17.5 Å². The molecule has 1 aliphatic rings. The number of hydrogen-bond acceptors (Lipinski definition) is 2. The van der Waals surface area contributed by atoms with Crippen molar-refractivity contribution in [3.63, 3.8) is 0 Å². The Balaban J connectivity index is 1.48. The Morgan fingerprint density at radius 1 is 0.897 bits per heavy atom. The summed E-state index contributed by atoms with van der Waals surface area (Å²) in [5.41, 5.74) is 5.44. The van der Waals surface area contributed by atoms with Gasteiger partial charge in [-0.05, 0) is 47.2 Å². The highest BCUT2D eigenvalue weighted by molar-refractivity contribution is 5.95. The van der Waals surface area contributed by atoms with Crippen molar-refractivity contribution < 1.29 is 9.53 Å². The summed E-state index contributed by atoms with van der Waals surface area (Å²) < 4.78 is 5.22. The van der Waals surface area contributed by atoms with Gasteiger partial charge in [0.2, 0.25) is 5.91 Å². The zero-order valence-corrected chi connectivity index (χ0v) is 16.7. The first-order valence-electron chi connectivity index (χ1n) is 9.90. The predicted octanol–water partition coefficient (Wildman–Crippen LogP) is 5.26. The molecule has 1 aliphatic heterocycles. The van der Waals surface area contributed by atoms with E-state index in [1.165, 1.54) is 16.7 Å². The van der Waals surface area contributed by atoms with Gasteiger partial charge >= 0.3 is 0 Å². The van der Waals surface area contributed by atoms with E-state index >= 15 is 0 Å². The van der Waals surface area contributed by atoms with Crippen molar-refractivity contribution in [3.8, 4) is 16.9 Å². The first-order valence-corrected chi connectivity index (χ1v) is 9.90. The van der Waals surface area contributed by atoms with E-state index in [1.54, 1.807) is 7.11 Å². The molecule has 0 saturated carbocycles.